The number of benzene rings is 2. The number of hydrogen-bond acceptors (Lipinski definition) is 4. The van der Waals surface area contributed by atoms with Crippen LogP contribution < -0.4 is 15.1 Å². The van der Waals surface area contributed by atoms with Crippen LogP contribution in [0.3, 0.4) is 0 Å². The molecule has 5 nitrogen and oxygen atoms in total. The van der Waals surface area contributed by atoms with Crippen LogP contribution in [0.15, 0.2) is 59.8 Å². The van der Waals surface area contributed by atoms with Crippen molar-refractivity contribution in [3.8, 4) is 5.75 Å². The minimum absolute atomic E-state index is 0.671. The largest absolute Gasteiger partial charge is 0.497 e. The molecule has 5 heteroatoms. The van der Waals surface area contributed by atoms with Gasteiger partial charge in [0.25, 0.3) is 0 Å². The van der Waals surface area contributed by atoms with Gasteiger partial charge in [-0.1, -0.05) is 24.3 Å². The molecule has 1 aromatic heterocycles. The number of ether oxygens (including phenoxy) is 1. The van der Waals surface area contributed by atoms with Gasteiger partial charge in [-0.05, 0) is 23.8 Å². The molecule has 3 aromatic rings. The summed E-state index contributed by atoms with van der Waals surface area (Å²) in [5, 5.41) is 5.71. The third-order valence-corrected chi connectivity index (χ3v) is 4.14. The highest BCUT2D eigenvalue weighted by Gasteiger charge is 2.20. The van der Waals surface area contributed by atoms with Crippen molar-refractivity contribution in [2.24, 2.45) is 5.10 Å². The lowest BCUT2D eigenvalue weighted by molar-refractivity contribution is 0.415. The number of fused-ring (bicyclic) bond motifs is 1. The zero-order chi connectivity index (χ0) is 15.6. The first-order valence-corrected chi connectivity index (χ1v) is 7.61. The van der Waals surface area contributed by atoms with Gasteiger partial charge in [-0.2, -0.15) is 5.10 Å². The molecule has 0 amide bonds. The van der Waals surface area contributed by atoms with Gasteiger partial charge in [0, 0.05) is 35.3 Å². The molecular weight excluding hydrogens is 288 g/mol. The summed E-state index contributed by atoms with van der Waals surface area (Å²) >= 11 is 0. The molecule has 0 aliphatic carbocycles. The normalized spacial score (nSPS) is 14.0. The number of aromatic amines is 1. The van der Waals surface area contributed by atoms with Crippen molar-refractivity contribution in [1.29, 1.82) is 0 Å². The summed E-state index contributed by atoms with van der Waals surface area (Å²) in [4.78, 5) is 5.49. The Bertz CT molecular complexity index is 868. The summed E-state index contributed by atoms with van der Waals surface area (Å²) in [6.07, 6.45) is 2.84. The van der Waals surface area contributed by atoms with E-state index in [1.54, 1.807) is 7.11 Å². The molecular formula is C18H18N4O. The molecule has 23 heavy (non-hydrogen) atoms. The zero-order valence-corrected chi connectivity index (χ0v) is 12.9. The maximum atomic E-state index is 5.32. The third kappa shape index (κ3) is 2.50. The zero-order valence-electron chi connectivity index (χ0n) is 12.9. The number of anilines is 1. The first-order chi connectivity index (χ1) is 11.3. The van der Waals surface area contributed by atoms with E-state index in [0.29, 0.717) is 6.67 Å². The van der Waals surface area contributed by atoms with Crippen LogP contribution in [0.1, 0.15) is 5.56 Å². The highest BCUT2D eigenvalue weighted by molar-refractivity contribution is 6.02. The molecule has 1 aliphatic rings. The fourth-order valence-electron chi connectivity index (χ4n) is 2.95. The van der Waals surface area contributed by atoms with Crippen LogP contribution in [0.2, 0.25) is 0 Å². The summed E-state index contributed by atoms with van der Waals surface area (Å²) in [6.45, 7) is 0.671. The van der Waals surface area contributed by atoms with Gasteiger partial charge in [0.1, 0.15) is 18.3 Å². The van der Waals surface area contributed by atoms with Crippen LogP contribution in [0.4, 0.5) is 5.69 Å². The van der Waals surface area contributed by atoms with E-state index in [9.17, 15) is 0 Å². The lowest BCUT2D eigenvalue weighted by Crippen LogP contribution is -2.30. The molecule has 0 spiro atoms. The first-order valence-electron chi connectivity index (χ1n) is 7.61. The average Bonchev–Trinajstić information content (AvgIpc) is 3.23. The van der Waals surface area contributed by atoms with Crippen molar-refractivity contribution in [3.05, 3.63) is 60.3 Å². The highest BCUT2D eigenvalue weighted by atomic mass is 16.5. The van der Waals surface area contributed by atoms with E-state index in [0.717, 1.165) is 29.2 Å². The Morgan fingerprint density at radius 3 is 3.00 bits per heavy atom. The SMILES string of the molecule is COc1cccc(N2CNN=C2Cc2c[nH]c3ccccc23)c1. The summed E-state index contributed by atoms with van der Waals surface area (Å²) in [6, 6.07) is 16.4. The van der Waals surface area contributed by atoms with Gasteiger partial charge in [0.2, 0.25) is 0 Å². The number of nitrogens with zero attached hydrogens (tertiary/aromatic N) is 2. The van der Waals surface area contributed by atoms with Gasteiger partial charge >= 0.3 is 0 Å². The van der Waals surface area contributed by atoms with E-state index < -0.39 is 0 Å². The molecule has 2 aromatic carbocycles. The molecule has 2 heterocycles. The van der Waals surface area contributed by atoms with Gasteiger partial charge < -0.3 is 14.6 Å². The van der Waals surface area contributed by atoms with Gasteiger partial charge in [-0.15, -0.1) is 0 Å². The maximum absolute atomic E-state index is 5.32. The molecule has 0 fully saturated rings. The number of aromatic nitrogens is 1. The van der Waals surface area contributed by atoms with Crippen LogP contribution in [0.25, 0.3) is 10.9 Å². The lowest BCUT2D eigenvalue weighted by Gasteiger charge is -2.19. The van der Waals surface area contributed by atoms with E-state index in [1.165, 1.54) is 10.9 Å². The van der Waals surface area contributed by atoms with Crippen LogP contribution in [-0.2, 0) is 6.42 Å². The standard InChI is InChI=1S/C18H18N4O/c1-23-15-6-4-5-14(10-15)22-12-20-21-18(22)9-13-11-19-17-8-3-2-7-16(13)17/h2-8,10-11,19-20H,9,12H2,1H3. The molecule has 0 bridgehead atoms. The summed E-state index contributed by atoms with van der Waals surface area (Å²) in [5.74, 6) is 1.85. The van der Waals surface area contributed by atoms with E-state index in [4.69, 9.17) is 4.74 Å². The summed E-state index contributed by atoms with van der Waals surface area (Å²) in [5.41, 5.74) is 6.56. The topological polar surface area (TPSA) is 52.6 Å². The molecule has 0 radical (unpaired) electrons. The Balaban J connectivity index is 1.63. The van der Waals surface area contributed by atoms with E-state index in [1.807, 2.05) is 24.3 Å². The van der Waals surface area contributed by atoms with E-state index in [-0.39, 0.29) is 0 Å². The van der Waals surface area contributed by atoms with Gasteiger partial charge in [0.05, 0.1) is 7.11 Å². The molecule has 2 N–H and O–H groups in total. The lowest BCUT2D eigenvalue weighted by atomic mass is 10.1. The number of H-pyrrole nitrogens is 1. The highest BCUT2D eigenvalue weighted by Crippen LogP contribution is 2.25. The Morgan fingerprint density at radius 2 is 2.09 bits per heavy atom. The van der Waals surface area contributed by atoms with Crippen LogP contribution in [0, 0.1) is 0 Å². The average molecular weight is 306 g/mol. The monoisotopic (exact) mass is 306 g/mol. The number of amidine groups is 1. The Labute approximate surface area is 134 Å². The Morgan fingerprint density at radius 1 is 1.17 bits per heavy atom. The van der Waals surface area contributed by atoms with Crippen molar-refractivity contribution in [2.75, 3.05) is 18.7 Å². The third-order valence-electron chi connectivity index (χ3n) is 4.14. The fraction of sp³-hybridized carbons (Fsp3) is 0.167. The maximum Gasteiger partial charge on any atom is 0.135 e. The first kappa shape index (κ1) is 13.7. The van der Waals surface area contributed by atoms with Gasteiger partial charge in [0.15, 0.2) is 0 Å². The molecule has 4 rings (SSSR count). The van der Waals surface area contributed by atoms with Crippen molar-refractivity contribution in [1.82, 2.24) is 10.4 Å². The molecule has 0 atom stereocenters. The fourth-order valence-corrected chi connectivity index (χ4v) is 2.95. The van der Waals surface area contributed by atoms with Gasteiger partial charge in [-0.25, -0.2) is 0 Å². The van der Waals surface area contributed by atoms with E-state index in [2.05, 4.69) is 50.9 Å². The smallest absolute Gasteiger partial charge is 0.135 e. The molecule has 0 saturated carbocycles. The second-order valence-electron chi connectivity index (χ2n) is 5.51. The summed E-state index contributed by atoms with van der Waals surface area (Å²) < 4.78 is 5.32. The predicted octanol–water partition coefficient (Wildman–Crippen LogP) is 3.10. The minimum Gasteiger partial charge on any atom is -0.497 e. The van der Waals surface area contributed by atoms with E-state index >= 15 is 0 Å². The van der Waals surface area contributed by atoms with Crippen molar-refractivity contribution < 1.29 is 4.74 Å². The van der Waals surface area contributed by atoms with Crippen LogP contribution in [-0.4, -0.2) is 24.6 Å². The second kappa shape index (κ2) is 5.68. The number of methoxy groups -OCH3 is 1. The van der Waals surface area contributed by atoms with Crippen LogP contribution >= 0.6 is 0 Å². The number of hydrogen-bond donors (Lipinski definition) is 2. The van der Waals surface area contributed by atoms with Crippen molar-refractivity contribution in [3.63, 3.8) is 0 Å². The second-order valence-corrected chi connectivity index (χ2v) is 5.51. The summed E-state index contributed by atoms with van der Waals surface area (Å²) in [7, 11) is 1.68. The molecule has 116 valence electrons. The quantitative estimate of drug-likeness (QED) is 0.779. The Kier molecular flexibility index (Phi) is 3.38. The molecule has 1 aliphatic heterocycles. The molecule has 0 unspecified atom stereocenters. The number of para-hydroxylation sites is 1. The van der Waals surface area contributed by atoms with Crippen molar-refractivity contribution in [2.45, 2.75) is 6.42 Å². The van der Waals surface area contributed by atoms with Crippen LogP contribution in [0.5, 0.6) is 5.75 Å². The number of rotatable bonds is 4. The molecule has 0 saturated heterocycles. The van der Waals surface area contributed by atoms with Crippen molar-refractivity contribution >= 4 is 22.4 Å². The van der Waals surface area contributed by atoms with Gasteiger partial charge in [-0.3, -0.25) is 5.43 Å². The number of nitrogens with one attached hydrogen (secondary N) is 2. The Hall–Kier alpha value is -2.95. The minimum atomic E-state index is 0.671. The predicted molar refractivity (Wildman–Crippen MR) is 92.9 cm³/mol. The number of hydrazone groups is 1.